The Morgan fingerprint density at radius 1 is 1.16 bits per heavy atom. The van der Waals surface area contributed by atoms with Crippen LogP contribution in [0, 0.1) is 28.6 Å². The van der Waals surface area contributed by atoms with Crippen LogP contribution in [0.3, 0.4) is 0 Å². The molecular weight excluding hydrogens is 476 g/mol. The average Bonchev–Trinajstić information content (AvgIpc) is 3.05. The summed E-state index contributed by atoms with van der Waals surface area (Å²) in [6.07, 6.45) is 2.19. The summed E-state index contributed by atoms with van der Waals surface area (Å²) in [6, 6.07) is 0. The van der Waals surface area contributed by atoms with Crippen molar-refractivity contribution in [3.05, 3.63) is 11.6 Å². The van der Waals surface area contributed by atoms with Gasteiger partial charge in [0, 0.05) is 18.3 Å². The van der Waals surface area contributed by atoms with E-state index in [1.54, 1.807) is 26.8 Å². The number of allylic oxidation sites excluding steroid dienone is 1. The van der Waals surface area contributed by atoms with E-state index in [1.165, 1.54) is 6.92 Å². The highest BCUT2D eigenvalue weighted by Crippen LogP contribution is 2.68. The Balaban J connectivity index is 1.64. The average molecular weight is 523 g/mol. The SMILES string of the molecule is CC(=O)O[C@@H]1C[C@H]2C(=O)C=C3[C@H](CC[C@]4(C)[C@@H]([C@@](C)(O)[C@H](O)CCC(C)(C)O)CC[C@]34O)[C@@]2(C)C[C@@H]1O. The summed E-state index contributed by atoms with van der Waals surface area (Å²) >= 11 is 0. The van der Waals surface area contributed by atoms with Crippen LogP contribution in [0.2, 0.25) is 0 Å². The highest BCUT2D eigenvalue weighted by molar-refractivity contribution is 5.95. The normalized spacial score (nSPS) is 44.1. The molecule has 0 bridgehead atoms. The number of hydrogen-bond donors (Lipinski definition) is 5. The molecule has 0 radical (unpaired) electrons. The lowest BCUT2D eigenvalue weighted by atomic mass is 9.45. The van der Waals surface area contributed by atoms with E-state index >= 15 is 0 Å². The Labute approximate surface area is 220 Å². The lowest BCUT2D eigenvalue weighted by Gasteiger charge is -2.60. The summed E-state index contributed by atoms with van der Waals surface area (Å²) in [5, 5.41) is 55.9. The maximum Gasteiger partial charge on any atom is 0.302 e. The fourth-order valence-corrected chi connectivity index (χ4v) is 8.65. The van der Waals surface area contributed by atoms with Gasteiger partial charge in [0.25, 0.3) is 0 Å². The standard InChI is InChI=1S/C29H46O8/c1-16(30)37-22-14-19-20(31)13-18-17(26(19,4)15-21(22)32)7-11-27(5)23(8-12-29(18,27)36)28(6,35)24(33)9-10-25(2,3)34/h13,17,19,21-24,32-36H,7-12,14-15H2,1-6H3/t17-,19-,21-,22+,23-,24+,26+,27+,28+,29-/m0/s1. The van der Waals surface area contributed by atoms with Gasteiger partial charge in [0.1, 0.15) is 6.10 Å². The van der Waals surface area contributed by atoms with E-state index in [1.807, 2.05) is 13.8 Å². The number of ketones is 1. The molecule has 3 saturated carbocycles. The van der Waals surface area contributed by atoms with Gasteiger partial charge in [0.2, 0.25) is 0 Å². The van der Waals surface area contributed by atoms with Crippen molar-refractivity contribution in [3.8, 4) is 0 Å². The molecule has 37 heavy (non-hydrogen) atoms. The molecule has 0 heterocycles. The van der Waals surface area contributed by atoms with Crippen molar-refractivity contribution in [2.75, 3.05) is 0 Å². The van der Waals surface area contributed by atoms with Crippen molar-refractivity contribution in [3.63, 3.8) is 0 Å². The minimum absolute atomic E-state index is 0.115. The Bertz CT molecular complexity index is 965. The molecule has 4 aliphatic carbocycles. The predicted octanol–water partition coefficient (Wildman–Crippen LogP) is 2.42. The maximum atomic E-state index is 13.5. The molecule has 3 fully saturated rings. The van der Waals surface area contributed by atoms with Crippen LogP contribution in [0.1, 0.15) is 92.9 Å². The van der Waals surface area contributed by atoms with Crippen LogP contribution in [-0.4, -0.2) is 72.4 Å². The zero-order valence-electron chi connectivity index (χ0n) is 23.2. The largest absolute Gasteiger partial charge is 0.460 e. The van der Waals surface area contributed by atoms with Crippen LogP contribution in [0.5, 0.6) is 0 Å². The lowest BCUT2D eigenvalue weighted by molar-refractivity contribution is -0.182. The van der Waals surface area contributed by atoms with Crippen LogP contribution >= 0.6 is 0 Å². The fraction of sp³-hybridized carbons (Fsp3) is 0.862. The Morgan fingerprint density at radius 2 is 1.81 bits per heavy atom. The minimum Gasteiger partial charge on any atom is -0.460 e. The summed E-state index contributed by atoms with van der Waals surface area (Å²) in [5.41, 5.74) is -4.42. The third-order valence-electron chi connectivity index (χ3n) is 10.8. The van der Waals surface area contributed by atoms with Gasteiger partial charge in [-0.2, -0.15) is 0 Å². The molecule has 10 atom stereocenters. The van der Waals surface area contributed by atoms with Crippen LogP contribution in [-0.2, 0) is 14.3 Å². The van der Waals surface area contributed by atoms with Gasteiger partial charge in [-0.25, -0.2) is 0 Å². The van der Waals surface area contributed by atoms with Crippen LogP contribution in [0.4, 0.5) is 0 Å². The number of ether oxygens (including phenoxy) is 1. The van der Waals surface area contributed by atoms with Gasteiger partial charge >= 0.3 is 5.97 Å². The maximum absolute atomic E-state index is 13.5. The van der Waals surface area contributed by atoms with Crippen molar-refractivity contribution in [1.29, 1.82) is 0 Å². The molecule has 8 heteroatoms. The highest BCUT2D eigenvalue weighted by atomic mass is 16.6. The number of carbonyl (C=O) groups is 2. The van der Waals surface area contributed by atoms with Gasteiger partial charge in [-0.15, -0.1) is 0 Å². The number of carbonyl (C=O) groups excluding carboxylic acids is 2. The third-order valence-corrected chi connectivity index (χ3v) is 10.8. The number of hydrogen-bond acceptors (Lipinski definition) is 8. The summed E-state index contributed by atoms with van der Waals surface area (Å²) in [4.78, 5) is 25.0. The van der Waals surface area contributed by atoms with Gasteiger partial charge in [-0.1, -0.05) is 13.8 Å². The number of rotatable bonds is 6. The number of aliphatic hydroxyl groups excluding tert-OH is 2. The fourth-order valence-electron chi connectivity index (χ4n) is 8.65. The van der Waals surface area contributed by atoms with E-state index in [4.69, 9.17) is 4.74 Å². The van der Waals surface area contributed by atoms with Crippen LogP contribution in [0.15, 0.2) is 11.6 Å². The Morgan fingerprint density at radius 3 is 2.41 bits per heavy atom. The first-order valence-electron chi connectivity index (χ1n) is 13.8. The molecule has 0 spiro atoms. The second-order valence-electron chi connectivity index (χ2n) is 13.8. The molecule has 5 N–H and O–H groups in total. The van der Waals surface area contributed by atoms with Gasteiger partial charge < -0.3 is 30.3 Å². The number of aliphatic hydroxyl groups is 5. The molecule has 0 unspecified atom stereocenters. The first kappa shape index (κ1) is 28.7. The second-order valence-corrected chi connectivity index (χ2v) is 13.8. The van der Waals surface area contributed by atoms with Gasteiger partial charge in [0.05, 0.1) is 29.0 Å². The molecule has 0 amide bonds. The van der Waals surface area contributed by atoms with E-state index in [9.17, 15) is 35.1 Å². The molecule has 0 saturated heterocycles. The lowest BCUT2D eigenvalue weighted by Crippen LogP contribution is -2.63. The topological polar surface area (TPSA) is 145 Å². The number of esters is 1. The van der Waals surface area contributed by atoms with E-state index < -0.39 is 63.8 Å². The summed E-state index contributed by atoms with van der Waals surface area (Å²) in [7, 11) is 0. The highest BCUT2D eigenvalue weighted by Gasteiger charge is 2.69. The molecule has 4 aliphatic rings. The quantitative estimate of drug-likeness (QED) is 0.335. The van der Waals surface area contributed by atoms with E-state index in [0.29, 0.717) is 44.1 Å². The van der Waals surface area contributed by atoms with E-state index in [0.717, 1.165) is 0 Å². The van der Waals surface area contributed by atoms with Crippen LogP contribution < -0.4 is 0 Å². The third kappa shape index (κ3) is 4.50. The molecular formula is C29H46O8. The first-order chi connectivity index (χ1) is 16.9. The summed E-state index contributed by atoms with van der Waals surface area (Å²) in [6.45, 7) is 10.2. The van der Waals surface area contributed by atoms with Crippen molar-refractivity contribution in [2.24, 2.45) is 28.6 Å². The van der Waals surface area contributed by atoms with Gasteiger partial charge in [-0.3, -0.25) is 9.59 Å². The predicted molar refractivity (Wildman–Crippen MR) is 136 cm³/mol. The van der Waals surface area contributed by atoms with Gasteiger partial charge in [0.15, 0.2) is 5.78 Å². The molecule has 0 aromatic rings. The second kappa shape index (κ2) is 9.12. The van der Waals surface area contributed by atoms with Crippen molar-refractivity contribution < 1.29 is 39.9 Å². The molecule has 210 valence electrons. The smallest absolute Gasteiger partial charge is 0.302 e. The summed E-state index contributed by atoms with van der Waals surface area (Å²) in [5.74, 6) is -1.54. The molecule has 0 aliphatic heterocycles. The molecule has 0 aromatic heterocycles. The van der Waals surface area contributed by atoms with E-state index in [2.05, 4.69) is 0 Å². The molecule has 4 rings (SSSR count). The van der Waals surface area contributed by atoms with Crippen molar-refractivity contribution in [2.45, 2.75) is 128 Å². The molecule has 8 nitrogen and oxygen atoms in total. The van der Waals surface area contributed by atoms with Crippen molar-refractivity contribution in [1.82, 2.24) is 0 Å². The van der Waals surface area contributed by atoms with Crippen LogP contribution in [0.25, 0.3) is 0 Å². The Hall–Kier alpha value is -1.32. The van der Waals surface area contributed by atoms with E-state index in [-0.39, 0.29) is 24.5 Å². The van der Waals surface area contributed by atoms with Gasteiger partial charge in [-0.05, 0) is 101 Å². The molecule has 0 aromatic carbocycles. The summed E-state index contributed by atoms with van der Waals surface area (Å²) < 4.78 is 5.32. The zero-order chi connectivity index (χ0) is 27.8. The number of fused-ring (bicyclic) bond motifs is 5. The van der Waals surface area contributed by atoms with Crippen molar-refractivity contribution >= 4 is 11.8 Å². The first-order valence-corrected chi connectivity index (χ1v) is 13.8. The minimum atomic E-state index is -1.48. The zero-order valence-corrected chi connectivity index (χ0v) is 23.2. The Kier molecular flexibility index (Phi) is 7.07. The monoisotopic (exact) mass is 522 g/mol.